The lowest BCUT2D eigenvalue weighted by atomic mass is 10.1. The van der Waals surface area contributed by atoms with E-state index in [9.17, 15) is 19.2 Å². The number of rotatable bonds is 6. The average Bonchev–Trinajstić information content (AvgIpc) is 3.62. The van der Waals surface area contributed by atoms with Crippen LogP contribution < -0.4 is 21.1 Å². The van der Waals surface area contributed by atoms with Gasteiger partial charge in [-0.3, -0.25) is 19.2 Å². The van der Waals surface area contributed by atoms with Gasteiger partial charge in [0.2, 0.25) is 0 Å². The van der Waals surface area contributed by atoms with Gasteiger partial charge in [-0.1, -0.05) is 18.2 Å². The van der Waals surface area contributed by atoms with E-state index in [0.29, 0.717) is 56.5 Å². The summed E-state index contributed by atoms with van der Waals surface area (Å²) in [6, 6.07) is 15.2. The first-order chi connectivity index (χ1) is 20.6. The highest BCUT2D eigenvalue weighted by molar-refractivity contribution is 6.14. The molecule has 3 aromatic heterocycles. The van der Waals surface area contributed by atoms with Crippen molar-refractivity contribution in [2.75, 3.05) is 15.5 Å². The molecule has 12 nitrogen and oxygen atoms in total. The van der Waals surface area contributed by atoms with Crippen LogP contribution >= 0.6 is 0 Å². The second kappa shape index (κ2) is 10.6. The Labute approximate surface area is 245 Å². The summed E-state index contributed by atoms with van der Waals surface area (Å²) in [6.45, 7) is 3.58. The summed E-state index contributed by atoms with van der Waals surface area (Å²) >= 11 is 0. The van der Waals surface area contributed by atoms with Crippen LogP contribution in [0.4, 0.5) is 17.2 Å². The third-order valence-corrected chi connectivity index (χ3v) is 7.18. The van der Waals surface area contributed by atoms with E-state index < -0.39 is 5.91 Å². The summed E-state index contributed by atoms with van der Waals surface area (Å²) in [5.41, 5.74) is 3.77. The van der Waals surface area contributed by atoms with Crippen molar-refractivity contribution < 1.29 is 18.9 Å². The molecule has 0 unspecified atom stereocenters. The van der Waals surface area contributed by atoms with E-state index in [1.807, 2.05) is 0 Å². The Hall–Kier alpha value is -5.78. The van der Waals surface area contributed by atoms with Gasteiger partial charge in [-0.15, -0.1) is 0 Å². The molecule has 5 aromatic rings. The van der Waals surface area contributed by atoms with E-state index in [0.717, 1.165) is 0 Å². The molecule has 0 fully saturated rings. The van der Waals surface area contributed by atoms with Crippen molar-refractivity contribution in [3.8, 4) is 11.1 Å². The number of nitrogens with zero attached hydrogens (tertiary/aromatic N) is 5. The molecule has 43 heavy (non-hydrogen) atoms. The van der Waals surface area contributed by atoms with Crippen molar-refractivity contribution in [1.29, 1.82) is 0 Å². The number of benzene rings is 2. The first-order valence-corrected chi connectivity index (χ1v) is 13.4. The topological polar surface area (TPSA) is 144 Å². The van der Waals surface area contributed by atoms with E-state index in [1.54, 1.807) is 105 Å². The quantitative estimate of drug-likeness (QED) is 0.310. The molecule has 12 heteroatoms. The lowest BCUT2D eigenvalue weighted by molar-refractivity contribution is 0.0994. The molecule has 4 heterocycles. The van der Waals surface area contributed by atoms with Crippen LogP contribution in [0.25, 0.3) is 11.1 Å². The zero-order valence-corrected chi connectivity index (χ0v) is 23.8. The van der Waals surface area contributed by atoms with Crippen molar-refractivity contribution in [1.82, 2.24) is 19.3 Å². The number of aryl methyl sites for hydroxylation is 4. The highest BCUT2D eigenvalue weighted by Crippen LogP contribution is 2.32. The maximum absolute atomic E-state index is 13.5. The fraction of sp³-hybridized carbons (Fsp3) is 0.161. The number of carbonyl (C=O) groups excluding carboxylic acids is 3. The molecule has 2 aromatic carbocycles. The van der Waals surface area contributed by atoms with Gasteiger partial charge < -0.3 is 24.6 Å². The number of hydrogen-bond acceptors (Lipinski definition) is 7. The third kappa shape index (κ3) is 5.10. The van der Waals surface area contributed by atoms with Gasteiger partial charge in [0.15, 0.2) is 5.82 Å². The summed E-state index contributed by atoms with van der Waals surface area (Å²) in [5.74, 6) is -0.225. The largest absolute Gasteiger partial charge is 0.381 e. The molecule has 0 saturated carbocycles. The van der Waals surface area contributed by atoms with Crippen LogP contribution in [0, 0.1) is 13.8 Å². The molecule has 6 rings (SSSR count). The van der Waals surface area contributed by atoms with E-state index in [2.05, 4.69) is 20.6 Å². The molecule has 0 bridgehead atoms. The van der Waals surface area contributed by atoms with Gasteiger partial charge in [-0.2, -0.15) is 4.74 Å². The predicted octanol–water partition coefficient (Wildman–Crippen LogP) is 4.06. The number of carbonyl (C=O) groups is 3. The van der Waals surface area contributed by atoms with Crippen LogP contribution in [-0.2, 0) is 20.6 Å². The second-order valence-corrected chi connectivity index (χ2v) is 10.3. The van der Waals surface area contributed by atoms with Gasteiger partial charge >= 0.3 is 0 Å². The Morgan fingerprint density at radius 1 is 0.953 bits per heavy atom. The van der Waals surface area contributed by atoms with E-state index >= 15 is 0 Å². The Balaban J connectivity index is 1.23. The van der Waals surface area contributed by atoms with Crippen molar-refractivity contribution in [2.24, 2.45) is 14.1 Å². The molecule has 0 radical (unpaired) electrons. The van der Waals surface area contributed by atoms with Gasteiger partial charge in [0, 0.05) is 54.1 Å². The summed E-state index contributed by atoms with van der Waals surface area (Å²) in [7, 11) is 3.35. The average molecular weight is 578 g/mol. The van der Waals surface area contributed by atoms with Crippen molar-refractivity contribution in [2.45, 2.75) is 20.4 Å². The molecule has 0 saturated heterocycles. The molecule has 1 aliphatic rings. The first-order valence-electron chi connectivity index (χ1n) is 13.4. The van der Waals surface area contributed by atoms with Crippen LogP contribution in [0.2, 0.25) is 0 Å². The van der Waals surface area contributed by atoms with Gasteiger partial charge in [0.25, 0.3) is 23.3 Å². The number of imidazole rings is 1. The molecule has 3 amide bonds. The van der Waals surface area contributed by atoms with Crippen LogP contribution in [-0.4, -0.2) is 37.0 Å². The zero-order valence-electron chi connectivity index (χ0n) is 23.8. The number of hydrogen-bond donors (Lipinski definition) is 2. The molecule has 2 N–H and O–H groups in total. The minimum atomic E-state index is -0.501. The molecule has 1 aliphatic heterocycles. The van der Waals surface area contributed by atoms with Gasteiger partial charge in [0.1, 0.15) is 11.5 Å². The predicted molar refractivity (Wildman–Crippen MR) is 159 cm³/mol. The Morgan fingerprint density at radius 3 is 2.40 bits per heavy atom. The van der Waals surface area contributed by atoms with Crippen molar-refractivity contribution >= 4 is 34.9 Å². The first kappa shape index (κ1) is 27.4. The minimum Gasteiger partial charge on any atom is -0.381 e. The monoisotopic (exact) mass is 577 g/mol. The molecule has 0 aliphatic carbocycles. The molecular weight excluding hydrogens is 550 g/mol. The van der Waals surface area contributed by atoms with Crippen LogP contribution in [0.15, 0.2) is 76.4 Å². The normalized spacial score (nSPS) is 12.4. The number of amides is 3. The fourth-order valence-corrected chi connectivity index (χ4v) is 5.15. The summed E-state index contributed by atoms with van der Waals surface area (Å²) < 4.78 is 8.28. The van der Waals surface area contributed by atoms with E-state index in [1.165, 1.54) is 4.74 Å². The SMILES string of the molecule is Cc1cc2c(c(C(=O)Nc3cccc(C(=O)Nc4cn(C)cn4)c3)n1)CN(c1ccc(-c3c(C)on(C)c3=O)cc1)C2=O. The van der Waals surface area contributed by atoms with Gasteiger partial charge in [-0.05, 0) is 55.8 Å². The van der Waals surface area contributed by atoms with E-state index in [4.69, 9.17) is 4.52 Å². The highest BCUT2D eigenvalue weighted by atomic mass is 16.5. The smallest absolute Gasteiger partial charge is 0.290 e. The van der Waals surface area contributed by atoms with Gasteiger partial charge in [-0.25, -0.2) is 9.97 Å². The van der Waals surface area contributed by atoms with Gasteiger partial charge in [0.05, 0.1) is 18.4 Å². The lowest BCUT2D eigenvalue weighted by Crippen LogP contribution is -2.23. The van der Waals surface area contributed by atoms with E-state index in [-0.39, 0.29) is 29.6 Å². The fourth-order valence-electron chi connectivity index (χ4n) is 5.15. The van der Waals surface area contributed by atoms with Crippen molar-refractivity contribution in [3.05, 3.63) is 111 Å². The summed E-state index contributed by atoms with van der Waals surface area (Å²) in [4.78, 5) is 62.2. The van der Waals surface area contributed by atoms with Crippen LogP contribution in [0.1, 0.15) is 48.2 Å². The Morgan fingerprint density at radius 2 is 1.72 bits per heavy atom. The molecular formula is C31H27N7O5. The second-order valence-electron chi connectivity index (χ2n) is 10.3. The number of nitrogens with one attached hydrogen (secondary N) is 2. The highest BCUT2D eigenvalue weighted by Gasteiger charge is 2.33. The zero-order chi connectivity index (χ0) is 30.4. The summed E-state index contributed by atoms with van der Waals surface area (Å²) in [5, 5.41) is 5.53. The number of pyridine rings is 1. The number of fused-ring (bicyclic) bond motifs is 1. The third-order valence-electron chi connectivity index (χ3n) is 7.18. The molecule has 0 atom stereocenters. The van der Waals surface area contributed by atoms with Crippen molar-refractivity contribution in [3.63, 3.8) is 0 Å². The Bertz CT molecular complexity index is 1980. The standard InChI is InChI=1S/C31H27N7O5/c1-17-12-23-24(14-38(30(23)41)22-10-8-19(9-11-22)26-18(2)43-37(4)31(26)42)27(33-17)29(40)34-21-7-5-6-20(13-21)28(39)35-25-15-36(3)16-32-25/h5-13,15-16H,14H2,1-4H3,(H,34,40)(H,35,39). The van der Waals surface area contributed by atoms with Crippen LogP contribution in [0.3, 0.4) is 0 Å². The number of anilines is 3. The maximum Gasteiger partial charge on any atom is 0.290 e. The lowest BCUT2D eigenvalue weighted by Gasteiger charge is -2.16. The molecule has 216 valence electrons. The summed E-state index contributed by atoms with van der Waals surface area (Å²) in [6.07, 6.45) is 3.25. The van der Waals surface area contributed by atoms with Crippen LogP contribution in [0.5, 0.6) is 0 Å². The minimum absolute atomic E-state index is 0.128. The Kier molecular flexibility index (Phi) is 6.73. The molecule has 0 spiro atoms. The number of aromatic nitrogens is 4. The maximum atomic E-state index is 13.5.